The van der Waals surface area contributed by atoms with E-state index in [-0.39, 0.29) is 10.6 Å². The van der Waals surface area contributed by atoms with Crippen LogP contribution in [0.4, 0.5) is 0 Å². The molecular formula is C17H14ClNO5S. The van der Waals surface area contributed by atoms with Gasteiger partial charge in [-0.2, -0.15) is 8.42 Å². The number of carbonyl (C=O) groups is 1. The largest absolute Gasteiger partial charge is 0.460 e. The topological polar surface area (TPSA) is 95.7 Å². The van der Waals surface area contributed by atoms with Gasteiger partial charge in [0, 0.05) is 10.6 Å². The first-order valence-electron chi connectivity index (χ1n) is 7.67. The zero-order chi connectivity index (χ0) is 18.9. The first kappa shape index (κ1) is 16.0. The molecule has 2 aromatic rings. The number of Topliss-reactive ketones (excluding diaryl/α,β-unsaturated/α-hetero) is 1. The quantitative estimate of drug-likeness (QED) is 0.801. The number of rotatable bonds is 5. The monoisotopic (exact) mass is 380 g/mol. The van der Waals surface area contributed by atoms with Crippen LogP contribution in [0.25, 0.3) is 0 Å². The van der Waals surface area contributed by atoms with Crippen molar-refractivity contribution < 1.29 is 23.5 Å². The van der Waals surface area contributed by atoms with Gasteiger partial charge in [0.05, 0.1) is 1.37 Å². The molecule has 25 heavy (non-hydrogen) atoms. The SMILES string of the molecule is [2H][C@@]1(c2cccc(Cl)c2)OC(N)=C(OS(=O)(=O)Cc2ccccc2)C1=O. The minimum atomic E-state index is -4.17. The summed E-state index contributed by atoms with van der Waals surface area (Å²) in [6.07, 6.45) is -2.26. The molecule has 2 aromatic carbocycles. The van der Waals surface area contributed by atoms with Crippen molar-refractivity contribution in [2.24, 2.45) is 5.73 Å². The van der Waals surface area contributed by atoms with E-state index in [1.807, 2.05) is 0 Å². The van der Waals surface area contributed by atoms with E-state index in [9.17, 15) is 13.2 Å². The van der Waals surface area contributed by atoms with Crippen molar-refractivity contribution in [2.45, 2.75) is 11.8 Å². The van der Waals surface area contributed by atoms with Gasteiger partial charge in [0.25, 0.3) is 0 Å². The lowest BCUT2D eigenvalue weighted by molar-refractivity contribution is -0.123. The summed E-state index contributed by atoms with van der Waals surface area (Å²) in [6.45, 7) is 0. The Morgan fingerprint density at radius 2 is 1.92 bits per heavy atom. The van der Waals surface area contributed by atoms with Gasteiger partial charge in [0.2, 0.25) is 17.4 Å². The number of ketones is 1. The minimum absolute atomic E-state index is 0.108. The van der Waals surface area contributed by atoms with Crippen molar-refractivity contribution in [3.8, 4) is 0 Å². The normalized spacial score (nSPS) is 21.0. The van der Waals surface area contributed by atoms with Gasteiger partial charge < -0.3 is 14.7 Å². The van der Waals surface area contributed by atoms with E-state index < -0.39 is 39.4 Å². The molecule has 1 aliphatic heterocycles. The molecule has 0 bridgehead atoms. The lowest BCUT2D eigenvalue weighted by Gasteiger charge is -2.10. The Bertz CT molecular complexity index is 993. The van der Waals surface area contributed by atoms with E-state index in [1.54, 1.807) is 36.4 Å². The third-order valence-electron chi connectivity index (χ3n) is 3.33. The Morgan fingerprint density at radius 1 is 1.20 bits per heavy atom. The van der Waals surface area contributed by atoms with Crippen LogP contribution in [0.1, 0.15) is 18.6 Å². The Morgan fingerprint density at radius 3 is 2.60 bits per heavy atom. The highest BCUT2D eigenvalue weighted by Crippen LogP contribution is 2.33. The summed E-state index contributed by atoms with van der Waals surface area (Å²) in [5.74, 6) is -2.76. The van der Waals surface area contributed by atoms with Crippen LogP contribution in [0.3, 0.4) is 0 Å². The molecule has 0 amide bonds. The average molecular weight is 381 g/mol. The number of halogens is 1. The van der Waals surface area contributed by atoms with Crippen LogP contribution in [0.2, 0.25) is 5.02 Å². The van der Waals surface area contributed by atoms with Gasteiger partial charge in [0.1, 0.15) is 5.75 Å². The van der Waals surface area contributed by atoms with Crippen LogP contribution in [0, 0.1) is 0 Å². The molecule has 0 unspecified atom stereocenters. The summed E-state index contributed by atoms with van der Waals surface area (Å²) in [7, 11) is -4.17. The summed E-state index contributed by atoms with van der Waals surface area (Å²) in [5.41, 5.74) is 6.20. The van der Waals surface area contributed by atoms with Gasteiger partial charge in [-0.25, -0.2) is 0 Å². The smallest absolute Gasteiger partial charge is 0.313 e. The van der Waals surface area contributed by atoms with Crippen LogP contribution in [0.15, 0.2) is 66.2 Å². The predicted molar refractivity (Wildman–Crippen MR) is 91.6 cm³/mol. The number of hydrogen-bond acceptors (Lipinski definition) is 6. The molecule has 0 spiro atoms. The molecule has 1 heterocycles. The van der Waals surface area contributed by atoms with Gasteiger partial charge in [0.15, 0.2) is 6.08 Å². The second kappa shape index (κ2) is 6.78. The lowest BCUT2D eigenvalue weighted by atomic mass is 10.1. The molecule has 8 heteroatoms. The van der Waals surface area contributed by atoms with Crippen molar-refractivity contribution >= 4 is 27.5 Å². The third kappa shape index (κ3) is 3.94. The van der Waals surface area contributed by atoms with E-state index in [2.05, 4.69) is 0 Å². The summed E-state index contributed by atoms with van der Waals surface area (Å²) in [5, 5.41) is 0.287. The molecule has 0 fully saturated rings. The van der Waals surface area contributed by atoms with Crippen molar-refractivity contribution in [3.05, 3.63) is 82.4 Å². The predicted octanol–water partition coefficient (Wildman–Crippen LogP) is 2.65. The van der Waals surface area contributed by atoms with Gasteiger partial charge in [-0.05, 0) is 17.7 Å². The fourth-order valence-corrected chi connectivity index (χ4v) is 3.51. The van der Waals surface area contributed by atoms with Crippen LogP contribution in [-0.4, -0.2) is 14.2 Å². The van der Waals surface area contributed by atoms with E-state index in [0.717, 1.165) is 0 Å². The maximum absolute atomic E-state index is 12.6. The molecular weight excluding hydrogens is 366 g/mol. The summed E-state index contributed by atoms with van der Waals surface area (Å²) < 4.78 is 42.8. The first-order chi connectivity index (χ1) is 12.2. The van der Waals surface area contributed by atoms with Gasteiger partial charge in [-0.3, -0.25) is 4.79 Å². The summed E-state index contributed by atoms with van der Waals surface area (Å²) in [4.78, 5) is 12.6. The fourth-order valence-electron chi connectivity index (χ4n) is 2.25. The van der Waals surface area contributed by atoms with Crippen molar-refractivity contribution in [1.82, 2.24) is 0 Å². The maximum atomic E-state index is 12.6. The van der Waals surface area contributed by atoms with Crippen LogP contribution in [-0.2, 0) is 29.6 Å². The minimum Gasteiger partial charge on any atom is -0.460 e. The van der Waals surface area contributed by atoms with Gasteiger partial charge in [-0.15, -0.1) is 0 Å². The van der Waals surface area contributed by atoms with Crippen LogP contribution >= 0.6 is 11.6 Å². The standard InChI is InChI=1S/C17H14ClNO5S/c18-13-8-4-7-12(9-13)15-14(20)16(17(19)23-15)24-25(21,22)10-11-5-2-1-3-6-11/h1-9,15H,10,19H2/t15-/m0/s1/i15D. The highest BCUT2D eigenvalue weighted by Gasteiger charge is 2.39. The lowest BCUT2D eigenvalue weighted by Crippen LogP contribution is -2.16. The zero-order valence-corrected chi connectivity index (χ0v) is 14.4. The molecule has 6 nitrogen and oxygen atoms in total. The Balaban J connectivity index is 1.85. The molecule has 130 valence electrons. The number of carbonyl (C=O) groups excluding carboxylic acids is 1. The number of ether oxygens (including phenoxy) is 1. The molecule has 2 N–H and O–H groups in total. The van der Waals surface area contributed by atoms with Crippen LogP contribution < -0.4 is 5.73 Å². The van der Waals surface area contributed by atoms with E-state index in [0.29, 0.717) is 5.56 Å². The van der Waals surface area contributed by atoms with E-state index in [4.69, 9.17) is 27.6 Å². The van der Waals surface area contributed by atoms with Crippen LogP contribution in [0.5, 0.6) is 0 Å². The van der Waals surface area contributed by atoms with Crippen molar-refractivity contribution in [1.29, 1.82) is 0 Å². The van der Waals surface area contributed by atoms with E-state index >= 15 is 0 Å². The molecule has 0 radical (unpaired) electrons. The third-order valence-corrected chi connectivity index (χ3v) is 4.67. The van der Waals surface area contributed by atoms with Gasteiger partial charge >= 0.3 is 10.1 Å². The van der Waals surface area contributed by atoms with E-state index in [1.165, 1.54) is 18.2 Å². The Labute approximate surface area is 151 Å². The number of nitrogens with two attached hydrogens (primary N) is 1. The van der Waals surface area contributed by atoms with Crippen molar-refractivity contribution in [2.75, 3.05) is 0 Å². The average Bonchev–Trinajstić information content (AvgIpc) is 2.79. The molecule has 1 aliphatic rings. The summed E-state index contributed by atoms with van der Waals surface area (Å²) >= 11 is 5.88. The Hall–Kier alpha value is -2.51. The fraction of sp³-hybridized carbons (Fsp3) is 0.118. The molecule has 3 rings (SSSR count). The highest BCUT2D eigenvalue weighted by atomic mass is 35.5. The second-order valence-electron chi connectivity index (χ2n) is 5.23. The molecule has 0 aliphatic carbocycles. The molecule has 0 saturated carbocycles. The molecule has 0 aromatic heterocycles. The zero-order valence-electron chi connectivity index (χ0n) is 13.8. The Kier molecular flexibility index (Phi) is 4.33. The highest BCUT2D eigenvalue weighted by molar-refractivity contribution is 7.86. The second-order valence-corrected chi connectivity index (χ2v) is 7.24. The van der Waals surface area contributed by atoms with Crippen molar-refractivity contribution in [3.63, 3.8) is 0 Å². The summed E-state index contributed by atoms with van der Waals surface area (Å²) in [6, 6.07) is 14.2. The number of benzene rings is 2. The number of hydrogen-bond donors (Lipinski definition) is 1. The molecule has 1 atom stereocenters. The first-order valence-corrected chi connectivity index (χ1v) is 9.12. The van der Waals surface area contributed by atoms with Gasteiger partial charge in [-0.1, -0.05) is 54.1 Å². The maximum Gasteiger partial charge on any atom is 0.313 e. The molecule has 0 saturated heterocycles.